The van der Waals surface area contributed by atoms with Crippen molar-refractivity contribution in [3.8, 4) is 5.75 Å². The van der Waals surface area contributed by atoms with E-state index in [2.05, 4.69) is 22.4 Å². The normalized spacial score (nSPS) is 11.6. The first-order valence-corrected chi connectivity index (χ1v) is 11.7. The Hall–Kier alpha value is -3.33. The summed E-state index contributed by atoms with van der Waals surface area (Å²) in [6, 6.07) is 14.6. The van der Waals surface area contributed by atoms with Crippen LogP contribution in [0.2, 0.25) is 0 Å². The first-order valence-electron chi connectivity index (χ1n) is 10.8. The zero-order valence-electron chi connectivity index (χ0n) is 19.2. The van der Waals surface area contributed by atoms with Crippen LogP contribution in [0.15, 0.2) is 53.7 Å². The Morgan fingerprint density at radius 2 is 1.76 bits per heavy atom. The number of ether oxygens (including phenoxy) is 2. The second kappa shape index (κ2) is 11.5. The van der Waals surface area contributed by atoms with Gasteiger partial charge in [0.2, 0.25) is 5.91 Å². The molecule has 1 atom stereocenters. The number of amides is 1. The minimum absolute atomic E-state index is 0.166. The number of aryl methyl sites for hydroxylation is 1. The Bertz CT molecular complexity index is 1080. The molecule has 174 valence electrons. The first kappa shape index (κ1) is 24.3. The number of aromatic nitrogens is 3. The van der Waals surface area contributed by atoms with Gasteiger partial charge in [0.05, 0.1) is 17.9 Å². The molecular weight excluding hydrogens is 440 g/mol. The molecule has 0 aliphatic rings. The van der Waals surface area contributed by atoms with Gasteiger partial charge >= 0.3 is 5.97 Å². The van der Waals surface area contributed by atoms with E-state index in [1.807, 2.05) is 42.8 Å². The van der Waals surface area contributed by atoms with Crippen molar-refractivity contribution in [1.29, 1.82) is 0 Å². The van der Waals surface area contributed by atoms with Gasteiger partial charge in [-0.05, 0) is 62.2 Å². The summed E-state index contributed by atoms with van der Waals surface area (Å²) in [5.41, 5.74) is 2.29. The quantitative estimate of drug-likeness (QED) is 0.347. The highest BCUT2D eigenvalue weighted by Crippen LogP contribution is 2.24. The van der Waals surface area contributed by atoms with Gasteiger partial charge in [0.1, 0.15) is 5.75 Å². The zero-order chi connectivity index (χ0) is 23.8. The third kappa shape index (κ3) is 6.58. The molecule has 3 rings (SSSR count). The number of hydrogen-bond donors (Lipinski definition) is 1. The second-order valence-corrected chi connectivity index (χ2v) is 8.23. The summed E-state index contributed by atoms with van der Waals surface area (Å²) in [4.78, 5) is 24.1. The van der Waals surface area contributed by atoms with Crippen molar-refractivity contribution in [2.24, 2.45) is 7.05 Å². The lowest BCUT2D eigenvalue weighted by Gasteiger charge is -2.14. The SMILES string of the molecule is CCOC(=O)c1ccc(NC(=O)CSc2nnc([C@@H](C)Oc3ccc(CC)cc3)n2C)cc1. The van der Waals surface area contributed by atoms with E-state index in [9.17, 15) is 9.59 Å². The predicted octanol–water partition coefficient (Wildman–Crippen LogP) is 4.43. The average Bonchev–Trinajstić information content (AvgIpc) is 3.19. The van der Waals surface area contributed by atoms with Gasteiger partial charge in [-0.1, -0.05) is 30.8 Å². The average molecular weight is 469 g/mol. The summed E-state index contributed by atoms with van der Waals surface area (Å²) < 4.78 is 12.8. The second-order valence-electron chi connectivity index (χ2n) is 7.29. The number of benzene rings is 2. The lowest BCUT2D eigenvalue weighted by molar-refractivity contribution is -0.113. The standard InChI is InChI=1S/C24H28N4O4S/c1-5-17-7-13-20(14-8-17)32-16(3)22-26-27-24(28(22)4)33-15-21(29)25-19-11-9-18(10-12-19)23(30)31-6-2/h7-14,16H,5-6,15H2,1-4H3,(H,25,29)/t16-/m1/s1. The molecule has 33 heavy (non-hydrogen) atoms. The maximum Gasteiger partial charge on any atom is 0.338 e. The van der Waals surface area contributed by atoms with E-state index < -0.39 is 0 Å². The van der Waals surface area contributed by atoms with E-state index in [4.69, 9.17) is 9.47 Å². The summed E-state index contributed by atoms with van der Waals surface area (Å²) >= 11 is 1.29. The van der Waals surface area contributed by atoms with Gasteiger partial charge in [-0.2, -0.15) is 0 Å². The molecule has 0 fully saturated rings. The Labute approximate surface area is 197 Å². The molecule has 9 heteroatoms. The fraction of sp³-hybridized carbons (Fsp3) is 0.333. The molecule has 0 bridgehead atoms. The molecule has 0 saturated carbocycles. The number of nitrogens with zero attached hydrogens (tertiary/aromatic N) is 3. The summed E-state index contributed by atoms with van der Waals surface area (Å²) in [5, 5.41) is 11.9. The van der Waals surface area contributed by atoms with E-state index in [-0.39, 0.29) is 23.7 Å². The van der Waals surface area contributed by atoms with Crippen molar-refractivity contribution in [2.75, 3.05) is 17.7 Å². The molecule has 0 saturated heterocycles. The lowest BCUT2D eigenvalue weighted by atomic mass is 10.2. The summed E-state index contributed by atoms with van der Waals surface area (Å²) in [6.07, 6.45) is 0.683. The molecule has 1 N–H and O–H groups in total. The van der Waals surface area contributed by atoms with Crippen LogP contribution in [-0.2, 0) is 23.0 Å². The minimum Gasteiger partial charge on any atom is -0.483 e. The van der Waals surface area contributed by atoms with Crippen LogP contribution >= 0.6 is 11.8 Å². The molecule has 8 nitrogen and oxygen atoms in total. The van der Waals surface area contributed by atoms with E-state index in [1.165, 1.54) is 17.3 Å². The third-order valence-electron chi connectivity index (χ3n) is 4.89. The van der Waals surface area contributed by atoms with E-state index in [0.717, 1.165) is 12.2 Å². The van der Waals surface area contributed by atoms with Gasteiger partial charge < -0.3 is 19.4 Å². The molecule has 0 aliphatic heterocycles. The molecular formula is C24H28N4O4S. The van der Waals surface area contributed by atoms with Gasteiger partial charge in [0, 0.05) is 12.7 Å². The van der Waals surface area contributed by atoms with Crippen molar-refractivity contribution in [3.05, 3.63) is 65.5 Å². The summed E-state index contributed by atoms with van der Waals surface area (Å²) in [7, 11) is 1.85. The van der Waals surface area contributed by atoms with Crippen LogP contribution in [0.4, 0.5) is 5.69 Å². The van der Waals surface area contributed by atoms with Crippen molar-refractivity contribution < 1.29 is 19.1 Å². The maximum atomic E-state index is 12.3. The molecule has 0 aliphatic carbocycles. The molecule has 3 aromatic rings. The van der Waals surface area contributed by atoms with Crippen molar-refractivity contribution >= 4 is 29.3 Å². The Balaban J connectivity index is 1.53. The first-order chi connectivity index (χ1) is 15.9. The monoisotopic (exact) mass is 468 g/mol. The van der Waals surface area contributed by atoms with E-state index >= 15 is 0 Å². The third-order valence-corrected chi connectivity index (χ3v) is 5.91. The number of carbonyl (C=O) groups is 2. The highest BCUT2D eigenvalue weighted by Gasteiger charge is 2.18. The highest BCUT2D eigenvalue weighted by atomic mass is 32.2. The van der Waals surface area contributed by atoms with Gasteiger partial charge in [0.25, 0.3) is 0 Å². The molecule has 1 aromatic heterocycles. The molecule has 0 radical (unpaired) electrons. The number of carbonyl (C=O) groups excluding carboxylic acids is 2. The van der Waals surface area contributed by atoms with Crippen molar-refractivity contribution in [2.45, 2.75) is 38.5 Å². The van der Waals surface area contributed by atoms with Crippen LogP contribution < -0.4 is 10.1 Å². The number of esters is 1. The lowest BCUT2D eigenvalue weighted by Crippen LogP contribution is -2.15. The maximum absolute atomic E-state index is 12.3. The highest BCUT2D eigenvalue weighted by molar-refractivity contribution is 7.99. The van der Waals surface area contributed by atoms with Crippen LogP contribution in [0.25, 0.3) is 0 Å². The molecule has 0 unspecified atom stereocenters. The van der Waals surface area contributed by atoms with E-state index in [0.29, 0.717) is 28.8 Å². The van der Waals surface area contributed by atoms with Crippen LogP contribution in [0.1, 0.15) is 48.6 Å². The van der Waals surface area contributed by atoms with Crippen molar-refractivity contribution in [1.82, 2.24) is 14.8 Å². The van der Waals surface area contributed by atoms with Crippen molar-refractivity contribution in [3.63, 3.8) is 0 Å². The number of anilines is 1. The van der Waals surface area contributed by atoms with Gasteiger partial charge in [-0.3, -0.25) is 4.79 Å². The van der Waals surface area contributed by atoms with Crippen LogP contribution in [0.5, 0.6) is 5.75 Å². The smallest absolute Gasteiger partial charge is 0.338 e. The number of rotatable bonds is 10. The predicted molar refractivity (Wildman–Crippen MR) is 128 cm³/mol. The Morgan fingerprint density at radius 3 is 2.39 bits per heavy atom. The fourth-order valence-corrected chi connectivity index (χ4v) is 3.82. The van der Waals surface area contributed by atoms with Crippen LogP contribution in [-0.4, -0.2) is 39.0 Å². The van der Waals surface area contributed by atoms with Crippen LogP contribution in [0.3, 0.4) is 0 Å². The topological polar surface area (TPSA) is 95.3 Å². The molecule has 1 heterocycles. The van der Waals surface area contributed by atoms with Gasteiger partial charge in [-0.15, -0.1) is 10.2 Å². The summed E-state index contributed by atoms with van der Waals surface area (Å²) in [5.74, 6) is 1.03. The largest absolute Gasteiger partial charge is 0.483 e. The van der Waals surface area contributed by atoms with Gasteiger partial charge in [-0.25, -0.2) is 4.79 Å². The van der Waals surface area contributed by atoms with Gasteiger partial charge in [0.15, 0.2) is 17.1 Å². The zero-order valence-corrected chi connectivity index (χ0v) is 20.0. The van der Waals surface area contributed by atoms with Crippen LogP contribution in [0, 0.1) is 0 Å². The Morgan fingerprint density at radius 1 is 1.06 bits per heavy atom. The molecule has 1 amide bonds. The molecule has 2 aromatic carbocycles. The fourth-order valence-electron chi connectivity index (χ4n) is 3.10. The van der Waals surface area contributed by atoms with E-state index in [1.54, 1.807) is 31.2 Å². The number of hydrogen-bond acceptors (Lipinski definition) is 7. The number of nitrogens with one attached hydrogen (secondary N) is 1. The molecule has 0 spiro atoms. The minimum atomic E-state index is -0.389. The number of thioether (sulfide) groups is 1. The summed E-state index contributed by atoms with van der Waals surface area (Å²) in [6.45, 7) is 6.09. The Kier molecular flexibility index (Phi) is 8.48.